The first-order valence-corrected chi connectivity index (χ1v) is 6.28. The number of carbonyl (C=O) groups is 1. The molecule has 0 radical (unpaired) electrons. The first-order chi connectivity index (χ1) is 9.24. The summed E-state index contributed by atoms with van der Waals surface area (Å²) in [6.45, 7) is 0. The van der Waals surface area contributed by atoms with Crippen molar-refractivity contribution in [3.8, 4) is 11.5 Å². The lowest BCUT2D eigenvalue weighted by molar-refractivity contribution is 0.0599. The van der Waals surface area contributed by atoms with Crippen molar-refractivity contribution in [3.05, 3.63) is 59.7 Å². The highest BCUT2D eigenvalue weighted by Crippen LogP contribution is 2.25. The number of ether oxygens (including phenoxy) is 2. The molecule has 0 atom stereocenters. The molecule has 19 heavy (non-hydrogen) atoms. The number of carbonyl (C=O) groups excluding carboxylic acids is 1. The Morgan fingerprint density at radius 1 is 1.11 bits per heavy atom. The Balaban J connectivity index is 2.30. The van der Waals surface area contributed by atoms with E-state index >= 15 is 0 Å². The lowest BCUT2D eigenvalue weighted by atomic mass is 10.1. The predicted octanol–water partition coefficient (Wildman–Crippen LogP) is 4.00. The fourth-order valence-corrected chi connectivity index (χ4v) is 1.89. The zero-order valence-corrected chi connectivity index (χ0v) is 11.2. The first-order valence-electron chi connectivity index (χ1n) is 5.74. The Kier molecular flexibility index (Phi) is 4.42. The highest BCUT2D eigenvalue weighted by molar-refractivity contribution is 6.17. The second-order valence-electron chi connectivity index (χ2n) is 3.86. The molecule has 0 aliphatic rings. The van der Waals surface area contributed by atoms with Gasteiger partial charge in [0.15, 0.2) is 0 Å². The van der Waals surface area contributed by atoms with Crippen molar-refractivity contribution in [2.24, 2.45) is 0 Å². The van der Waals surface area contributed by atoms with Crippen LogP contribution >= 0.6 is 11.6 Å². The average Bonchev–Trinajstić information content (AvgIpc) is 2.47. The van der Waals surface area contributed by atoms with Crippen molar-refractivity contribution in [1.29, 1.82) is 0 Å². The van der Waals surface area contributed by atoms with Crippen LogP contribution in [0, 0.1) is 0 Å². The third-order valence-corrected chi connectivity index (χ3v) is 2.90. The summed E-state index contributed by atoms with van der Waals surface area (Å²) >= 11 is 5.80. The van der Waals surface area contributed by atoms with Crippen molar-refractivity contribution in [3.63, 3.8) is 0 Å². The topological polar surface area (TPSA) is 35.5 Å². The Hall–Kier alpha value is -2.00. The molecule has 0 fully saturated rings. The number of hydrogen-bond donors (Lipinski definition) is 0. The van der Waals surface area contributed by atoms with Crippen molar-refractivity contribution in [1.82, 2.24) is 0 Å². The number of para-hydroxylation sites is 1. The molecule has 2 rings (SSSR count). The molecule has 0 heterocycles. The smallest absolute Gasteiger partial charge is 0.338 e. The molecule has 98 valence electrons. The van der Waals surface area contributed by atoms with Crippen LogP contribution in [0.25, 0.3) is 0 Å². The molecule has 0 unspecified atom stereocenters. The van der Waals surface area contributed by atoms with Gasteiger partial charge in [-0.05, 0) is 29.8 Å². The van der Waals surface area contributed by atoms with Crippen LogP contribution in [-0.2, 0) is 10.6 Å². The van der Waals surface area contributed by atoms with Gasteiger partial charge in [-0.15, -0.1) is 11.6 Å². The molecule has 0 aliphatic heterocycles. The number of rotatable bonds is 4. The van der Waals surface area contributed by atoms with E-state index < -0.39 is 5.97 Å². The quantitative estimate of drug-likeness (QED) is 0.625. The average molecular weight is 277 g/mol. The van der Waals surface area contributed by atoms with Crippen molar-refractivity contribution in [2.75, 3.05) is 7.11 Å². The van der Waals surface area contributed by atoms with E-state index in [4.69, 9.17) is 21.1 Å². The van der Waals surface area contributed by atoms with Crippen LogP contribution in [0.4, 0.5) is 0 Å². The Bertz CT molecular complexity index is 567. The van der Waals surface area contributed by atoms with Crippen molar-refractivity contribution >= 4 is 17.6 Å². The van der Waals surface area contributed by atoms with Crippen LogP contribution in [-0.4, -0.2) is 13.1 Å². The summed E-state index contributed by atoms with van der Waals surface area (Å²) in [5.74, 6) is 1.10. The highest BCUT2D eigenvalue weighted by atomic mass is 35.5. The fraction of sp³-hybridized carbons (Fsp3) is 0.133. The second-order valence-corrected chi connectivity index (χ2v) is 4.13. The number of alkyl halides is 1. The van der Waals surface area contributed by atoms with Crippen LogP contribution < -0.4 is 4.74 Å². The Morgan fingerprint density at radius 3 is 2.47 bits per heavy atom. The lowest BCUT2D eigenvalue weighted by Crippen LogP contribution is -2.05. The largest absolute Gasteiger partial charge is 0.465 e. The molecule has 4 heteroatoms. The molecule has 0 aliphatic carbocycles. The maximum atomic E-state index is 11.7. The van der Waals surface area contributed by atoms with Crippen molar-refractivity contribution in [2.45, 2.75) is 5.88 Å². The molecule has 0 saturated heterocycles. The molecular formula is C15H13ClO3. The highest BCUT2D eigenvalue weighted by Gasteiger charge is 2.12. The van der Waals surface area contributed by atoms with Crippen molar-refractivity contribution < 1.29 is 14.3 Å². The van der Waals surface area contributed by atoms with Gasteiger partial charge in [-0.1, -0.05) is 24.3 Å². The summed E-state index contributed by atoms with van der Waals surface area (Å²) in [4.78, 5) is 11.7. The van der Waals surface area contributed by atoms with Gasteiger partial charge in [-0.2, -0.15) is 0 Å². The third-order valence-electron chi connectivity index (χ3n) is 2.61. The zero-order chi connectivity index (χ0) is 13.7. The molecule has 0 spiro atoms. The van der Waals surface area contributed by atoms with Gasteiger partial charge < -0.3 is 9.47 Å². The summed E-state index contributed by atoms with van der Waals surface area (Å²) in [6, 6.07) is 14.5. The van der Waals surface area contributed by atoms with Gasteiger partial charge in [0.1, 0.15) is 11.5 Å². The predicted molar refractivity (Wildman–Crippen MR) is 73.9 cm³/mol. The molecule has 0 saturated carbocycles. The van der Waals surface area contributed by atoms with E-state index in [-0.39, 0.29) is 5.88 Å². The standard InChI is InChI=1S/C15H13ClO3/c1-18-15(17)14-9-13(8-7-11(14)10-16)19-12-5-3-2-4-6-12/h2-9H,10H2,1H3. The first kappa shape index (κ1) is 13.4. The molecule has 2 aromatic rings. The number of methoxy groups -OCH3 is 1. The normalized spacial score (nSPS) is 10.0. The molecule has 0 N–H and O–H groups in total. The monoisotopic (exact) mass is 276 g/mol. The summed E-state index contributed by atoms with van der Waals surface area (Å²) in [7, 11) is 1.34. The van der Waals surface area contributed by atoms with Gasteiger partial charge >= 0.3 is 5.97 Å². The van der Waals surface area contributed by atoms with E-state index in [0.717, 1.165) is 0 Å². The number of benzene rings is 2. The van der Waals surface area contributed by atoms with E-state index in [1.54, 1.807) is 18.2 Å². The second kappa shape index (κ2) is 6.25. The van der Waals surface area contributed by atoms with E-state index in [2.05, 4.69) is 0 Å². The molecule has 0 aromatic heterocycles. The van der Waals surface area contributed by atoms with Gasteiger partial charge in [-0.25, -0.2) is 4.79 Å². The molecule has 0 bridgehead atoms. The molecule has 2 aromatic carbocycles. The van der Waals surface area contributed by atoms with Crippen LogP contribution in [0.1, 0.15) is 15.9 Å². The van der Waals surface area contributed by atoms with Crippen LogP contribution in [0.5, 0.6) is 11.5 Å². The van der Waals surface area contributed by atoms with Gasteiger partial charge in [0.2, 0.25) is 0 Å². The maximum absolute atomic E-state index is 11.7. The summed E-state index contributed by atoms with van der Waals surface area (Å²) in [6.07, 6.45) is 0. The zero-order valence-electron chi connectivity index (χ0n) is 10.4. The summed E-state index contributed by atoms with van der Waals surface area (Å²) in [5, 5.41) is 0. The maximum Gasteiger partial charge on any atom is 0.338 e. The van der Waals surface area contributed by atoms with Crippen LogP contribution in [0.15, 0.2) is 48.5 Å². The van der Waals surface area contributed by atoms with Gasteiger partial charge in [0.25, 0.3) is 0 Å². The summed E-state index contributed by atoms with van der Waals surface area (Å²) < 4.78 is 10.4. The Morgan fingerprint density at radius 2 is 1.84 bits per heavy atom. The van der Waals surface area contributed by atoms with Crippen LogP contribution in [0.3, 0.4) is 0 Å². The Labute approximate surface area is 116 Å². The molecular weight excluding hydrogens is 264 g/mol. The summed E-state index contributed by atoms with van der Waals surface area (Å²) in [5.41, 5.74) is 1.14. The van der Waals surface area contributed by atoms with Gasteiger partial charge in [0.05, 0.1) is 12.7 Å². The fourth-order valence-electron chi connectivity index (χ4n) is 1.66. The van der Waals surface area contributed by atoms with Gasteiger partial charge in [-0.3, -0.25) is 0 Å². The minimum atomic E-state index is -0.422. The number of esters is 1. The molecule has 0 amide bonds. The minimum Gasteiger partial charge on any atom is -0.465 e. The van der Waals surface area contributed by atoms with E-state index in [0.29, 0.717) is 22.6 Å². The van der Waals surface area contributed by atoms with Crippen LogP contribution in [0.2, 0.25) is 0 Å². The molecule has 3 nitrogen and oxygen atoms in total. The third kappa shape index (κ3) is 3.26. The van der Waals surface area contributed by atoms with E-state index in [9.17, 15) is 4.79 Å². The SMILES string of the molecule is COC(=O)c1cc(Oc2ccccc2)ccc1CCl. The van der Waals surface area contributed by atoms with E-state index in [1.807, 2.05) is 30.3 Å². The minimum absolute atomic E-state index is 0.246. The van der Waals surface area contributed by atoms with E-state index in [1.165, 1.54) is 7.11 Å². The lowest BCUT2D eigenvalue weighted by Gasteiger charge is -2.09. The number of hydrogen-bond acceptors (Lipinski definition) is 3. The number of halogens is 1. The van der Waals surface area contributed by atoms with Gasteiger partial charge in [0, 0.05) is 5.88 Å².